The van der Waals surface area contributed by atoms with Crippen LogP contribution >= 0.6 is 45.8 Å². The quantitative estimate of drug-likeness (QED) is 0.412. The molecule has 0 aliphatic rings. The van der Waals surface area contributed by atoms with Gasteiger partial charge in [-0.3, -0.25) is 0 Å². The van der Waals surface area contributed by atoms with Crippen LogP contribution in [0.3, 0.4) is 0 Å². The Morgan fingerprint density at radius 1 is 1.22 bits per heavy atom. The van der Waals surface area contributed by atoms with Gasteiger partial charge in [0.2, 0.25) is 0 Å². The second-order valence-corrected chi connectivity index (χ2v) is 3.02. The summed E-state index contributed by atoms with van der Waals surface area (Å²) in [5, 5.41) is 0.749. The first-order chi connectivity index (χ1) is 4.18. The molecule has 0 unspecified atom stereocenters. The summed E-state index contributed by atoms with van der Waals surface area (Å²) in [6.45, 7) is 0. The van der Waals surface area contributed by atoms with Gasteiger partial charge in [-0.25, -0.2) is 9.97 Å². The lowest BCUT2D eigenvalue weighted by Gasteiger charge is -1.90. The number of hydrogen-bond donors (Lipinski definition) is 0. The van der Waals surface area contributed by atoms with E-state index in [9.17, 15) is 0 Å². The number of hydrogen-bond acceptors (Lipinski definition) is 2. The Balaban J connectivity index is 3.17. The standard InChI is InChI=1S/C4HCl2IN2/c5-2-1-3(6)9-4(7)8-2/h1H. The van der Waals surface area contributed by atoms with Crippen LogP contribution in [0.1, 0.15) is 0 Å². The molecule has 0 aromatic carbocycles. The molecule has 0 radical (unpaired) electrons. The molecule has 0 aliphatic heterocycles. The van der Waals surface area contributed by atoms with E-state index in [1.54, 1.807) is 0 Å². The van der Waals surface area contributed by atoms with Crippen molar-refractivity contribution < 1.29 is 0 Å². The van der Waals surface area contributed by atoms with Gasteiger partial charge in [0.1, 0.15) is 10.3 Å². The summed E-state index contributed by atoms with van der Waals surface area (Å²) in [6, 6.07) is 1.49. The molecule has 2 nitrogen and oxygen atoms in total. The number of nitrogens with zero attached hydrogens (tertiary/aromatic N) is 2. The fourth-order valence-corrected chi connectivity index (χ4v) is 1.59. The molecule has 1 aromatic heterocycles. The smallest absolute Gasteiger partial charge is 0.193 e. The summed E-state index contributed by atoms with van der Waals surface area (Å²) in [5.41, 5.74) is 0. The van der Waals surface area contributed by atoms with Crippen molar-refractivity contribution in [2.24, 2.45) is 0 Å². The highest BCUT2D eigenvalue weighted by Gasteiger charge is 1.95. The van der Waals surface area contributed by atoms with Gasteiger partial charge < -0.3 is 0 Å². The molecule has 48 valence electrons. The minimum Gasteiger partial charge on any atom is -0.211 e. The van der Waals surface area contributed by atoms with Crippen molar-refractivity contribution in [2.75, 3.05) is 0 Å². The normalized spacial score (nSPS) is 9.67. The highest BCUT2D eigenvalue weighted by atomic mass is 127. The Hall–Kier alpha value is 0.390. The maximum Gasteiger partial charge on any atom is 0.193 e. The Kier molecular flexibility index (Phi) is 2.49. The van der Waals surface area contributed by atoms with Gasteiger partial charge in [-0.05, 0) is 0 Å². The van der Waals surface area contributed by atoms with E-state index in [1.807, 2.05) is 22.6 Å². The van der Waals surface area contributed by atoms with E-state index in [1.165, 1.54) is 6.07 Å². The third-order valence-corrected chi connectivity index (χ3v) is 1.51. The second-order valence-electron chi connectivity index (χ2n) is 1.28. The highest BCUT2D eigenvalue weighted by molar-refractivity contribution is 14.1. The van der Waals surface area contributed by atoms with E-state index in [2.05, 4.69) is 9.97 Å². The van der Waals surface area contributed by atoms with E-state index in [-0.39, 0.29) is 0 Å². The minimum atomic E-state index is 0.374. The first kappa shape index (κ1) is 7.50. The maximum atomic E-state index is 5.51. The molecular formula is C4HCl2IN2. The summed E-state index contributed by atoms with van der Waals surface area (Å²) in [4.78, 5) is 7.58. The van der Waals surface area contributed by atoms with Crippen LogP contribution in [0.2, 0.25) is 10.3 Å². The third-order valence-electron chi connectivity index (χ3n) is 0.636. The lowest BCUT2D eigenvalue weighted by Crippen LogP contribution is -1.85. The number of aromatic nitrogens is 2. The molecule has 0 N–H and O–H groups in total. The minimum absolute atomic E-state index is 0.374. The van der Waals surface area contributed by atoms with E-state index in [0.717, 1.165) is 0 Å². The Bertz CT molecular complexity index is 177. The van der Waals surface area contributed by atoms with Gasteiger partial charge in [-0.15, -0.1) is 0 Å². The molecule has 0 fully saturated rings. The molecule has 0 atom stereocenters. The Morgan fingerprint density at radius 2 is 1.67 bits per heavy atom. The van der Waals surface area contributed by atoms with Gasteiger partial charge in [0, 0.05) is 28.7 Å². The van der Waals surface area contributed by atoms with Gasteiger partial charge in [0.15, 0.2) is 3.83 Å². The summed E-state index contributed by atoms with van der Waals surface area (Å²) in [7, 11) is 0. The van der Waals surface area contributed by atoms with E-state index in [0.29, 0.717) is 14.1 Å². The Labute approximate surface area is 75.7 Å². The fourth-order valence-electron chi connectivity index (χ4n) is 0.364. The first-order valence-electron chi connectivity index (χ1n) is 2.04. The lowest BCUT2D eigenvalue weighted by molar-refractivity contribution is 1.11. The van der Waals surface area contributed by atoms with Crippen molar-refractivity contribution >= 4 is 45.8 Å². The topological polar surface area (TPSA) is 25.8 Å². The van der Waals surface area contributed by atoms with Crippen LogP contribution in [0.4, 0.5) is 0 Å². The number of rotatable bonds is 0. The van der Waals surface area contributed by atoms with E-state index >= 15 is 0 Å². The fraction of sp³-hybridized carbons (Fsp3) is 0. The molecule has 1 aromatic rings. The van der Waals surface area contributed by atoms with Crippen molar-refractivity contribution in [1.29, 1.82) is 0 Å². The Morgan fingerprint density at radius 3 is 2.00 bits per heavy atom. The van der Waals surface area contributed by atoms with Crippen LogP contribution in [0, 0.1) is 3.83 Å². The first-order valence-corrected chi connectivity index (χ1v) is 3.87. The molecule has 5 heteroatoms. The number of halogens is 3. The van der Waals surface area contributed by atoms with Gasteiger partial charge in [-0.1, -0.05) is 23.2 Å². The molecule has 0 aliphatic carbocycles. The van der Waals surface area contributed by atoms with Gasteiger partial charge in [0.25, 0.3) is 0 Å². The summed E-state index contributed by atoms with van der Waals surface area (Å²) in [5.74, 6) is 0. The second kappa shape index (κ2) is 2.98. The molecule has 9 heavy (non-hydrogen) atoms. The van der Waals surface area contributed by atoms with Crippen molar-refractivity contribution in [3.8, 4) is 0 Å². The van der Waals surface area contributed by atoms with Crippen LogP contribution in [0.15, 0.2) is 6.07 Å². The summed E-state index contributed by atoms with van der Waals surface area (Å²) >= 11 is 13.0. The molecule has 0 amide bonds. The molecule has 0 saturated heterocycles. The van der Waals surface area contributed by atoms with Crippen molar-refractivity contribution in [1.82, 2.24) is 9.97 Å². The van der Waals surface area contributed by atoms with Crippen molar-refractivity contribution in [3.63, 3.8) is 0 Å². The maximum absolute atomic E-state index is 5.51. The largest absolute Gasteiger partial charge is 0.211 e. The van der Waals surface area contributed by atoms with Gasteiger partial charge in [-0.2, -0.15) is 0 Å². The average Bonchev–Trinajstić information content (AvgIpc) is 1.59. The highest BCUT2D eigenvalue weighted by Crippen LogP contribution is 2.11. The molecule has 0 spiro atoms. The molecule has 1 rings (SSSR count). The van der Waals surface area contributed by atoms with Gasteiger partial charge in [0.05, 0.1) is 0 Å². The average molecular weight is 275 g/mol. The van der Waals surface area contributed by atoms with Crippen LogP contribution < -0.4 is 0 Å². The van der Waals surface area contributed by atoms with Crippen LogP contribution in [0.5, 0.6) is 0 Å². The zero-order valence-electron chi connectivity index (χ0n) is 4.11. The van der Waals surface area contributed by atoms with Crippen LogP contribution in [-0.4, -0.2) is 9.97 Å². The van der Waals surface area contributed by atoms with E-state index < -0.39 is 0 Å². The van der Waals surface area contributed by atoms with Crippen molar-refractivity contribution in [3.05, 3.63) is 20.2 Å². The molecular weight excluding hydrogens is 274 g/mol. The SMILES string of the molecule is Clc1cc(Cl)nc(I)n1. The molecule has 1 heterocycles. The lowest BCUT2D eigenvalue weighted by atomic mass is 10.7. The zero-order valence-corrected chi connectivity index (χ0v) is 7.78. The summed E-state index contributed by atoms with van der Waals surface area (Å²) < 4.78 is 0.560. The predicted molar refractivity (Wildman–Crippen MR) is 44.8 cm³/mol. The van der Waals surface area contributed by atoms with Crippen LogP contribution in [0.25, 0.3) is 0 Å². The third kappa shape index (κ3) is 2.23. The molecule has 0 saturated carbocycles. The van der Waals surface area contributed by atoms with Crippen molar-refractivity contribution in [2.45, 2.75) is 0 Å². The van der Waals surface area contributed by atoms with Crippen LogP contribution in [-0.2, 0) is 0 Å². The molecule has 0 bridgehead atoms. The predicted octanol–water partition coefficient (Wildman–Crippen LogP) is 2.39. The van der Waals surface area contributed by atoms with E-state index in [4.69, 9.17) is 23.2 Å². The summed E-state index contributed by atoms with van der Waals surface area (Å²) in [6.07, 6.45) is 0. The van der Waals surface area contributed by atoms with Gasteiger partial charge >= 0.3 is 0 Å². The zero-order chi connectivity index (χ0) is 6.85. The monoisotopic (exact) mass is 274 g/mol.